The second kappa shape index (κ2) is 7.79. The van der Waals surface area contributed by atoms with Crippen LogP contribution in [0, 0.1) is 6.92 Å². The number of nitrogens with zero attached hydrogens (tertiary/aromatic N) is 1. The van der Waals surface area contributed by atoms with Crippen LogP contribution >= 0.6 is 0 Å². The number of benzene rings is 1. The number of aryl methyl sites for hydroxylation is 1. The first-order valence-electron chi connectivity index (χ1n) is 8.67. The summed E-state index contributed by atoms with van der Waals surface area (Å²) in [4.78, 5) is 14.7. The van der Waals surface area contributed by atoms with Crippen LogP contribution in [0.25, 0.3) is 0 Å². The number of anilines is 1. The fourth-order valence-electron chi connectivity index (χ4n) is 3.53. The molecular formula is C18H27N3O2. The second-order valence-electron chi connectivity index (χ2n) is 6.62. The lowest BCUT2D eigenvalue weighted by Crippen LogP contribution is -2.49. The SMILES string of the molecule is Cc1cccc(NC(=O)NC2CCN(C3CCOCC3)CC2)c1. The van der Waals surface area contributed by atoms with Gasteiger partial charge in [-0.15, -0.1) is 0 Å². The molecule has 1 aromatic rings. The zero-order chi connectivity index (χ0) is 16.1. The molecule has 0 aromatic heterocycles. The van der Waals surface area contributed by atoms with Gasteiger partial charge in [0, 0.05) is 44.1 Å². The molecule has 0 bridgehead atoms. The predicted octanol–water partition coefficient (Wildman–Crippen LogP) is 2.76. The standard InChI is InChI=1S/C18H27N3O2/c1-14-3-2-4-16(13-14)20-18(22)19-15-5-9-21(10-6-15)17-7-11-23-12-8-17/h2-4,13,15,17H,5-12H2,1H3,(H2,19,20,22). The van der Waals surface area contributed by atoms with E-state index in [0.717, 1.165) is 63.2 Å². The minimum Gasteiger partial charge on any atom is -0.381 e. The van der Waals surface area contributed by atoms with Crippen LogP contribution in [0.3, 0.4) is 0 Å². The van der Waals surface area contributed by atoms with E-state index in [1.165, 1.54) is 0 Å². The second-order valence-corrected chi connectivity index (χ2v) is 6.62. The molecule has 2 fully saturated rings. The van der Waals surface area contributed by atoms with Crippen molar-refractivity contribution < 1.29 is 9.53 Å². The molecule has 23 heavy (non-hydrogen) atoms. The third-order valence-electron chi connectivity index (χ3n) is 4.85. The maximum absolute atomic E-state index is 12.1. The predicted molar refractivity (Wildman–Crippen MR) is 91.8 cm³/mol. The number of carbonyl (C=O) groups is 1. The number of likely N-dealkylation sites (tertiary alicyclic amines) is 1. The Bertz CT molecular complexity index is 521. The molecule has 0 aliphatic carbocycles. The Kier molecular flexibility index (Phi) is 5.51. The highest BCUT2D eigenvalue weighted by Crippen LogP contribution is 2.20. The maximum Gasteiger partial charge on any atom is 0.319 e. The summed E-state index contributed by atoms with van der Waals surface area (Å²) < 4.78 is 5.44. The first-order chi connectivity index (χ1) is 11.2. The fraction of sp³-hybridized carbons (Fsp3) is 0.611. The van der Waals surface area contributed by atoms with E-state index in [2.05, 4.69) is 15.5 Å². The third-order valence-corrected chi connectivity index (χ3v) is 4.85. The molecule has 126 valence electrons. The van der Waals surface area contributed by atoms with E-state index in [1.807, 2.05) is 31.2 Å². The van der Waals surface area contributed by atoms with Gasteiger partial charge in [0.15, 0.2) is 0 Å². The number of piperidine rings is 1. The molecule has 2 saturated heterocycles. The van der Waals surface area contributed by atoms with Crippen molar-refractivity contribution in [2.24, 2.45) is 0 Å². The summed E-state index contributed by atoms with van der Waals surface area (Å²) in [6.07, 6.45) is 4.34. The highest BCUT2D eigenvalue weighted by molar-refractivity contribution is 5.89. The highest BCUT2D eigenvalue weighted by Gasteiger charge is 2.27. The lowest BCUT2D eigenvalue weighted by Gasteiger charge is -2.39. The van der Waals surface area contributed by atoms with Gasteiger partial charge in [0.1, 0.15) is 0 Å². The molecule has 0 radical (unpaired) electrons. The largest absolute Gasteiger partial charge is 0.381 e. The van der Waals surface area contributed by atoms with Gasteiger partial charge in [-0.1, -0.05) is 12.1 Å². The molecule has 2 heterocycles. The summed E-state index contributed by atoms with van der Waals surface area (Å²) in [5.74, 6) is 0. The van der Waals surface area contributed by atoms with E-state index in [4.69, 9.17) is 4.74 Å². The number of carbonyl (C=O) groups excluding carboxylic acids is 1. The molecular weight excluding hydrogens is 290 g/mol. The summed E-state index contributed by atoms with van der Waals surface area (Å²) in [6.45, 7) is 5.94. The van der Waals surface area contributed by atoms with Crippen LogP contribution < -0.4 is 10.6 Å². The summed E-state index contributed by atoms with van der Waals surface area (Å²) in [5.41, 5.74) is 2.00. The topological polar surface area (TPSA) is 53.6 Å². The van der Waals surface area contributed by atoms with Crippen molar-refractivity contribution in [2.45, 2.75) is 44.7 Å². The van der Waals surface area contributed by atoms with Gasteiger partial charge in [0.25, 0.3) is 0 Å². The van der Waals surface area contributed by atoms with Crippen LogP contribution in [-0.4, -0.2) is 49.3 Å². The van der Waals surface area contributed by atoms with Gasteiger partial charge in [0.2, 0.25) is 0 Å². The molecule has 0 saturated carbocycles. The van der Waals surface area contributed by atoms with Gasteiger partial charge in [-0.3, -0.25) is 0 Å². The van der Waals surface area contributed by atoms with Crippen molar-refractivity contribution in [2.75, 3.05) is 31.6 Å². The number of hydrogen-bond donors (Lipinski definition) is 2. The van der Waals surface area contributed by atoms with Crippen LogP contribution in [0.2, 0.25) is 0 Å². The smallest absolute Gasteiger partial charge is 0.319 e. The normalized spacial score (nSPS) is 21.1. The van der Waals surface area contributed by atoms with Crippen molar-refractivity contribution in [3.05, 3.63) is 29.8 Å². The molecule has 0 spiro atoms. The minimum absolute atomic E-state index is 0.0971. The summed E-state index contributed by atoms with van der Waals surface area (Å²) in [7, 11) is 0. The molecule has 2 aliphatic rings. The quantitative estimate of drug-likeness (QED) is 0.901. The van der Waals surface area contributed by atoms with Crippen molar-refractivity contribution in [3.63, 3.8) is 0 Å². The summed E-state index contributed by atoms with van der Waals surface area (Å²) in [5, 5.41) is 6.03. The van der Waals surface area contributed by atoms with E-state index in [1.54, 1.807) is 0 Å². The summed E-state index contributed by atoms with van der Waals surface area (Å²) in [6, 6.07) is 8.72. The van der Waals surface area contributed by atoms with Crippen molar-refractivity contribution >= 4 is 11.7 Å². The Morgan fingerprint density at radius 1 is 1.17 bits per heavy atom. The van der Waals surface area contributed by atoms with Crippen LogP contribution in [0.15, 0.2) is 24.3 Å². The highest BCUT2D eigenvalue weighted by atomic mass is 16.5. The number of nitrogens with one attached hydrogen (secondary N) is 2. The van der Waals surface area contributed by atoms with Gasteiger partial charge >= 0.3 is 6.03 Å². The van der Waals surface area contributed by atoms with Crippen molar-refractivity contribution in [1.82, 2.24) is 10.2 Å². The molecule has 3 rings (SSSR count). The van der Waals surface area contributed by atoms with Crippen LogP contribution in [0.4, 0.5) is 10.5 Å². The van der Waals surface area contributed by atoms with E-state index in [9.17, 15) is 4.79 Å². The maximum atomic E-state index is 12.1. The number of ether oxygens (including phenoxy) is 1. The number of urea groups is 1. The Hall–Kier alpha value is -1.59. The lowest BCUT2D eigenvalue weighted by molar-refractivity contribution is 0.0244. The Morgan fingerprint density at radius 3 is 2.61 bits per heavy atom. The lowest BCUT2D eigenvalue weighted by atomic mass is 10.00. The van der Waals surface area contributed by atoms with Crippen molar-refractivity contribution in [3.8, 4) is 0 Å². The van der Waals surface area contributed by atoms with Gasteiger partial charge in [-0.2, -0.15) is 0 Å². The molecule has 2 amide bonds. The van der Waals surface area contributed by atoms with Crippen LogP contribution in [0.5, 0.6) is 0 Å². The van der Waals surface area contributed by atoms with Gasteiger partial charge in [-0.05, 0) is 50.3 Å². The zero-order valence-electron chi connectivity index (χ0n) is 13.9. The first kappa shape index (κ1) is 16.3. The number of amides is 2. The first-order valence-corrected chi connectivity index (χ1v) is 8.67. The Labute approximate surface area is 138 Å². The molecule has 2 N–H and O–H groups in total. The fourth-order valence-corrected chi connectivity index (χ4v) is 3.53. The molecule has 0 atom stereocenters. The summed E-state index contributed by atoms with van der Waals surface area (Å²) >= 11 is 0. The number of rotatable bonds is 3. The van der Waals surface area contributed by atoms with Gasteiger partial charge in [-0.25, -0.2) is 4.79 Å². The average molecular weight is 317 g/mol. The Morgan fingerprint density at radius 2 is 1.91 bits per heavy atom. The molecule has 1 aromatic carbocycles. The van der Waals surface area contributed by atoms with E-state index in [0.29, 0.717) is 6.04 Å². The van der Waals surface area contributed by atoms with E-state index in [-0.39, 0.29) is 12.1 Å². The minimum atomic E-state index is -0.0971. The third kappa shape index (κ3) is 4.69. The number of hydrogen-bond acceptors (Lipinski definition) is 3. The molecule has 2 aliphatic heterocycles. The molecule has 0 unspecified atom stereocenters. The van der Waals surface area contributed by atoms with Crippen LogP contribution in [-0.2, 0) is 4.74 Å². The molecule has 5 nitrogen and oxygen atoms in total. The van der Waals surface area contributed by atoms with E-state index < -0.39 is 0 Å². The van der Waals surface area contributed by atoms with Crippen LogP contribution in [0.1, 0.15) is 31.2 Å². The molecule has 5 heteroatoms. The van der Waals surface area contributed by atoms with Gasteiger partial charge < -0.3 is 20.3 Å². The monoisotopic (exact) mass is 317 g/mol. The average Bonchev–Trinajstić information content (AvgIpc) is 2.56. The van der Waals surface area contributed by atoms with E-state index >= 15 is 0 Å². The van der Waals surface area contributed by atoms with Gasteiger partial charge in [0.05, 0.1) is 0 Å². The van der Waals surface area contributed by atoms with Crippen molar-refractivity contribution in [1.29, 1.82) is 0 Å². The Balaban J connectivity index is 1.42. The zero-order valence-corrected chi connectivity index (χ0v) is 13.9.